The molecule has 0 radical (unpaired) electrons. The van der Waals surface area contributed by atoms with Gasteiger partial charge in [-0.05, 0) is 54.6 Å². The minimum Gasteiger partial charge on any atom is -0.486 e. The van der Waals surface area contributed by atoms with Crippen molar-refractivity contribution in [1.29, 1.82) is 0 Å². The molecule has 0 aliphatic rings. The predicted octanol–water partition coefficient (Wildman–Crippen LogP) is 6.75. The number of pyridine rings is 1. The van der Waals surface area contributed by atoms with Crippen LogP contribution in [0.4, 0.5) is 18.9 Å². The minimum atomic E-state index is -4.77. The number of nitrogens with one attached hydrogen (secondary N) is 1. The van der Waals surface area contributed by atoms with Crippen molar-refractivity contribution >= 4 is 50.7 Å². The van der Waals surface area contributed by atoms with Crippen LogP contribution in [0.3, 0.4) is 0 Å². The van der Waals surface area contributed by atoms with E-state index in [1.807, 2.05) is 0 Å². The molecule has 0 fully saturated rings. The molecule has 8 nitrogen and oxygen atoms in total. The van der Waals surface area contributed by atoms with Crippen LogP contribution in [0, 0.1) is 0 Å². The summed E-state index contributed by atoms with van der Waals surface area (Å²) < 4.78 is 57.1. The molecule has 194 valence electrons. The molecule has 0 bridgehead atoms. The van der Waals surface area contributed by atoms with Gasteiger partial charge in [0, 0.05) is 16.0 Å². The van der Waals surface area contributed by atoms with Crippen LogP contribution in [0.5, 0.6) is 5.75 Å². The van der Waals surface area contributed by atoms with E-state index in [2.05, 4.69) is 10.3 Å². The number of benzene rings is 1. The highest BCUT2D eigenvalue weighted by molar-refractivity contribution is 7.21. The van der Waals surface area contributed by atoms with Gasteiger partial charge in [-0.2, -0.15) is 13.2 Å². The number of carbonyl (C=O) groups is 2. The molecule has 5 aromatic rings. The number of fused-ring (bicyclic) bond motifs is 1. The van der Waals surface area contributed by atoms with E-state index >= 15 is 0 Å². The van der Waals surface area contributed by atoms with Crippen LogP contribution in [0.1, 0.15) is 31.7 Å². The molecule has 5 rings (SSSR count). The molecule has 0 spiro atoms. The fourth-order valence-electron chi connectivity index (χ4n) is 3.60. The summed E-state index contributed by atoms with van der Waals surface area (Å²) in [6.45, 7) is 0.00953. The molecular formula is C25H15ClF3N3O5S. The number of amides is 2. The lowest BCUT2D eigenvalue weighted by molar-refractivity contribution is -0.140. The molecule has 0 saturated carbocycles. The lowest BCUT2D eigenvalue weighted by Crippen LogP contribution is -2.16. The third kappa shape index (κ3) is 5.08. The average Bonchev–Trinajstić information content (AvgIpc) is 3.63. The van der Waals surface area contributed by atoms with Crippen molar-refractivity contribution in [2.75, 3.05) is 5.32 Å². The summed E-state index contributed by atoms with van der Waals surface area (Å²) in [5, 5.41) is 3.16. The highest BCUT2D eigenvalue weighted by Gasteiger charge is 2.35. The quantitative estimate of drug-likeness (QED) is 0.227. The third-order valence-electron chi connectivity index (χ3n) is 5.28. The van der Waals surface area contributed by atoms with Gasteiger partial charge in [-0.1, -0.05) is 11.6 Å². The molecule has 2 amide bonds. The molecule has 0 aliphatic heterocycles. The van der Waals surface area contributed by atoms with Crippen molar-refractivity contribution in [2.24, 2.45) is 5.73 Å². The zero-order valence-electron chi connectivity index (χ0n) is 19.0. The number of nitrogens with zero attached hydrogens (tertiary/aromatic N) is 1. The number of furan rings is 2. The second-order valence-electron chi connectivity index (χ2n) is 7.84. The van der Waals surface area contributed by atoms with E-state index in [0.717, 1.165) is 6.07 Å². The Morgan fingerprint density at radius 2 is 1.89 bits per heavy atom. The smallest absolute Gasteiger partial charge is 0.433 e. The number of anilines is 1. The van der Waals surface area contributed by atoms with E-state index in [1.54, 1.807) is 24.3 Å². The predicted molar refractivity (Wildman–Crippen MR) is 133 cm³/mol. The second kappa shape index (κ2) is 9.88. The maximum Gasteiger partial charge on any atom is 0.433 e. The Kier molecular flexibility index (Phi) is 6.59. The number of primary amides is 1. The monoisotopic (exact) mass is 561 g/mol. The first kappa shape index (κ1) is 25.4. The molecule has 4 aromatic heterocycles. The average molecular weight is 562 g/mol. The Labute approximate surface area is 220 Å². The number of ether oxygens (including phenoxy) is 1. The van der Waals surface area contributed by atoms with E-state index in [9.17, 15) is 22.8 Å². The van der Waals surface area contributed by atoms with Gasteiger partial charge in [-0.3, -0.25) is 9.59 Å². The summed E-state index contributed by atoms with van der Waals surface area (Å²) in [6, 6.07) is 13.3. The minimum absolute atomic E-state index is 0.00953. The van der Waals surface area contributed by atoms with Crippen molar-refractivity contribution in [2.45, 2.75) is 12.8 Å². The largest absolute Gasteiger partial charge is 0.486 e. The standard InChI is InChI=1S/C25H15ClF3N3O5S/c26-12-3-5-13(6-4-12)36-11-14-7-8-17(37-14)23(34)32-20-19-15(16-2-1-9-35-16)10-18(25(27,28)29)31-24(19)38-21(20)22(30)33/h1-10H,11H2,(H2,30,33)(H,32,34). The lowest BCUT2D eigenvalue weighted by atomic mass is 10.1. The van der Waals surface area contributed by atoms with Crippen molar-refractivity contribution in [3.8, 4) is 17.1 Å². The SMILES string of the molecule is NC(=O)c1sc2nc(C(F)(F)F)cc(-c3ccco3)c2c1NC(=O)c1ccc(COc2ccc(Cl)cc2)o1. The number of hydrogen-bond acceptors (Lipinski definition) is 7. The first-order chi connectivity index (χ1) is 18.1. The van der Waals surface area contributed by atoms with Crippen molar-refractivity contribution in [3.05, 3.63) is 88.0 Å². The first-order valence-corrected chi connectivity index (χ1v) is 12.0. The van der Waals surface area contributed by atoms with Crippen LogP contribution in [-0.2, 0) is 12.8 Å². The number of hydrogen-bond donors (Lipinski definition) is 2. The Morgan fingerprint density at radius 1 is 1.13 bits per heavy atom. The Bertz CT molecular complexity index is 1640. The van der Waals surface area contributed by atoms with E-state index in [4.69, 9.17) is 30.9 Å². The summed E-state index contributed by atoms with van der Waals surface area (Å²) in [5.41, 5.74) is 4.17. The van der Waals surface area contributed by atoms with Gasteiger partial charge in [0.2, 0.25) is 0 Å². The Hall–Kier alpha value is -4.29. The molecule has 4 heterocycles. The normalized spacial score (nSPS) is 11.6. The van der Waals surface area contributed by atoms with Gasteiger partial charge in [0.15, 0.2) is 5.76 Å². The number of aromatic nitrogens is 1. The number of nitrogens with two attached hydrogens (primary N) is 1. The van der Waals surface area contributed by atoms with Gasteiger partial charge in [-0.15, -0.1) is 11.3 Å². The third-order valence-corrected chi connectivity index (χ3v) is 6.63. The van der Waals surface area contributed by atoms with Gasteiger partial charge < -0.3 is 24.6 Å². The van der Waals surface area contributed by atoms with Gasteiger partial charge in [0.05, 0.1) is 12.0 Å². The van der Waals surface area contributed by atoms with Crippen molar-refractivity contribution < 1.29 is 36.3 Å². The molecule has 38 heavy (non-hydrogen) atoms. The molecule has 0 saturated heterocycles. The summed E-state index contributed by atoms with van der Waals surface area (Å²) >= 11 is 6.47. The van der Waals surface area contributed by atoms with Crippen molar-refractivity contribution in [1.82, 2.24) is 4.98 Å². The number of thiophene rings is 1. The highest BCUT2D eigenvalue weighted by Crippen LogP contribution is 2.43. The fourth-order valence-corrected chi connectivity index (χ4v) is 4.73. The van der Waals surface area contributed by atoms with Crippen molar-refractivity contribution in [3.63, 3.8) is 0 Å². The van der Waals surface area contributed by atoms with Crippen LogP contribution in [0.2, 0.25) is 5.02 Å². The molecule has 0 aliphatic carbocycles. The van der Waals surface area contributed by atoms with Crippen LogP contribution in [0.25, 0.3) is 21.5 Å². The van der Waals surface area contributed by atoms with Crippen LogP contribution in [-0.4, -0.2) is 16.8 Å². The molecule has 0 atom stereocenters. The van der Waals surface area contributed by atoms with Gasteiger partial charge >= 0.3 is 6.18 Å². The second-order valence-corrected chi connectivity index (χ2v) is 9.28. The van der Waals surface area contributed by atoms with Gasteiger partial charge in [0.1, 0.15) is 39.3 Å². The first-order valence-electron chi connectivity index (χ1n) is 10.8. The summed E-state index contributed by atoms with van der Waals surface area (Å²) in [4.78, 5) is 28.6. The molecule has 3 N–H and O–H groups in total. The summed E-state index contributed by atoms with van der Waals surface area (Å²) in [5.74, 6) is -0.929. The van der Waals surface area contributed by atoms with Gasteiger partial charge in [0.25, 0.3) is 11.8 Å². The molecule has 1 aromatic carbocycles. The number of halogens is 4. The maximum absolute atomic E-state index is 13.5. The molecular weight excluding hydrogens is 547 g/mol. The molecule has 0 unspecified atom stereocenters. The van der Waals surface area contributed by atoms with Gasteiger partial charge in [-0.25, -0.2) is 4.98 Å². The number of carbonyl (C=O) groups excluding carboxylic acids is 2. The zero-order valence-corrected chi connectivity index (χ0v) is 20.5. The van der Waals surface area contributed by atoms with Crippen LogP contribution >= 0.6 is 22.9 Å². The van der Waals surface area contributed by atoms with E-state index < -0.39 is 23.7 Å². The Morgan fingerprint density at radius 3 is 2.55 bits per heavy atom. The number of alkyl halides is 3. The van der Waals surface area contributed by atoms with Crippen LogP contribution < -0.4 is 15.8 Å². The zero-order chi connectivity index (χ0) is 27.0. The highest BCUT2D eigenvalue weighted by atomic mass is 35.5. The number of rotatable bonds is 7. The van der Waals surface area contributed by atoms with E-state index in [0.29, 0.717) is 27.9 Å². The lowest BCUT2D eigenvalue weighted by Gasteiger charge is -2.10. The van der Waals surface area contributed by atoms with E-state index in [-0.39, 0.29) is 44.5 Å². The summed E-state index contributed by atoms with van der Waals surface area (Å²) in [6.07, 6.45) is -3.49. The topological polar surface area (TPSA) is 121 Å². The van der Waals surface area contributed by atoms with Crippen LogP contribution in [0.15, 0.2) is 69.7 Å². The Balaban J connectivity index is 1.49. The van der Waals surface area contributed by atoms with E-state index in [1.165, 1.54) is 30.5 Å². The fraction of sp³-hybridized carbons (Fsp3) is 0.0800. The summed E-state index contributed by atoms with van der Waals surface area (Å²) in [7, 11) is 0. The molecule has 13 heteroatoms. The maximum atomic E-state index is 13.5.